The fourth-order valence-corrected chi connectivity index (χ4v) is 6.36. The van der Waals surface area contributed by atoms with Gasteiger partial charge in [0.05, 0.1) is 18.9 Å². The van der Waals surface area contributed by atoms with Crippen LogP contribution >= 0.6 is 0 Å². The van der Waals surface area contributed by atoms with Crippen LogP contribution < -0.4 is 37.6 Å². The molecule has 1 saturated heterocycles. The van der Waals surface area contributed by atoms with E-state index < -0.39 is 78.6 Å². The molecule has 5 amide bonds. The molecule has 2 fully saturated rings. The van der Waals surface area contributed by atoms with Crippen molar-refractivity contribution in [2.24, 2.45) is 11.7 Å². The second-order valence-corrected chi connectivity index (χ2v) is 13.5. The van der Waals surface area contributed by atoms with Crippen LogP contribution in [0.3, 0.4) is 0 Å². The van der Waals surface area contributed by atoms with Gasteiger partial charge in [-0.1, -0.05) is 68.9 Å². The van der Waals surface area contributed by atoms with Gasteiger partial charge in [0.25, 0.3) is 0 Å². The predicted octanol–water partition coefficient (Wildman–Crippen LogP) is -0.295. The number of amides is 5. The summed E-state index contributed by atoms with van der Waals surface area (Å²) < 4.78 is 0. The van der Waals surface area contributed by atoms with E-state index in [2.05, 4.69) is 31.9 Å². The molecule has 0 aromatic heterocycles. The lowest BCUT2D eigenvalue weighted by atomic mass is 9.97. The third-order valence-corrected chi connectivity index (χ3v) is 9.25. The Bertz CT molecular complexity index is 1470. The minimum Gasteiger partial charge on any atom is -0.481 e. The molecule has 1 aromatic rings. The molecule has 1 aliphatic heterocycles. The molecule has 290 valence electrons. The van der Waals surface area contributed by atoms with Crippen LogP contribution in [0, 0.1) is 11.3 Å². The van der Waals surface area contributed by atoms with Crippen LogP contribution in [0.25, 0.3) is 0 Å². The molecular formula is C36H52N8O9. The van der Waals surface area contributed by atoms with Crippen molar-refractivity contribution in [1.82, 2.24) is 31.9 Å². The smallest absolute Gasteiger partial charge is 0.305 e. The summed E-state index contributed by atoms with van der Waals surface area (Å²) >= 11 is 0. The number of guanidine groups is 1. The van der Waals surface area contributed by atoms with Crippen molar-refractivity contribution in [2.45, 2.75) is 114 Å². The van der Waals surface area contributed by atoms with E-state index in [9.17, 15) is 43.5 Å². The van der Waals surface area contributed by atoms with Crippen LogP contribution in [0.15, 0.2) is 30.3 Å². The van der Waals surface area contributed by atoms with Crippen molar-refractivity contribution in [3.63, 3.8) is 0 Å². The molecule has 1 saturated carbocycles. The third kappa shape index (κ3) is 15.0. The van der Waals surface area contributed by atoms with Crippen LogP contribution in [0.4, 0.5) is 0 Å². The number of carboxylic acid groups (broad SMARTS) is 1. The van der Waals surface area contributed by atoms with E-state index in [4.69, 9.17) is 11.1 Å². The van der Waals surface area contributed by atoms with Gasteiger partial charge in [-0.3, -0.25) is 43.8 Å². The van der Waals surface area contributed by atoms with Crippen molar-refractivity contribution in [2.75, 3.05) is 13.1 Å². The first kappa shape index (κ1) is 42.1. The Balaban J connectivity index is 1.78. The highest BCUT2D eigenvalue weighted by atomic mass is 16.4. The summed E-state index contributed by atoms with van der Waals surface area (Å²) in [5.74, 6) is -5.97. The minimum absolute atomic E-state index is 0.00957. The largest absolute Gasteiger partial charge is 0.481 e. The summed E-state index contributed by atoms with van der Waals surface area (Å²) in [6.07, 6.45) is 5.47. The van der Waals surface area contributed by atoms with Crippen LogP contribution in [0.5, 0.6) is 0 Å². The number of rotatable bonds is 17. The molecule has 2 aliphatic rings. The molecule has 0 bridgehead atoms. The van der Waals surface area contributed by atoms with E-state index in [1.54, 1.807) is 30.3 Å². The molecule has 0 spiro atoms. The maximum atomic E-state index is 13.9. The number of benzene rings is 1. The van der Waals surface area contributed by atoms with Crippen molar-refractivity contribution >= 4 is 53.0 Å². The molecule has 53 heavy (non-hydrogen) atoms. The zero-order chi connectivity index (χ0) is 38.8. The van der Waals surface area contributed by atoms with Crippen LogP contribution in [0.1, 0.15) is 89.0 Å². The van der Waals surface area contributed by atoms with Crippen molar-refractivity contribution in [1.29, 1.82) is 5.41 Å². The second kappa shape index (κ2) is 21.9. The van der Waals surface area contributed by atoms with E-state index in [0.29, 0.717) is 44.1 Å². The Labute approximate surface area is 308 Å². The van der Waals surface area contributed by atoms with Gasteiger partial charge in [0.1, 0.15) is 35.7 Å². The Morgan fingerprint density at radius 3 is 1.85 bits per heavy atom. The molecule has 1 heterocycles. The summed E-state index contributed by atoms with van der Waals surface area (Å²) in [6, 6.07) is 3.64. The van der Waals surface area contributed by atoms with Gasteiger partial charge in [0.15, 0.2) is 5.96 Å². The molecule has 10 N–H and O–H groups in total. The number of hydrogen-bond donors (Lipinski definition) is 9. The van der Waals surface area contributed by atoms with Gasteiger partial charge < -0.3 is 42.7 Å². The normalized spacial score (nSPS) is 22.1. The highest BCUT2D eigenvalue weighted by Gasteiger charge is 2.34. The van der Waals surface area contributed by atoms with Gasteiger partial charge in [0, 0.05) is 25.8 Å². The van der Waals surface area contributed by atoms with Crippen LogP contribution in [-0.2, 0) is 44.8 Å². The Hall–Kier alpha value is -5.35. The first-order valence-electron chi connectivity index (χ1n) is 18.2. The van der Waals surface area contributed by atoms with Gasteiger partial charge in [-0.25, -0.2) is 0 Å². The SMILES string of the molecule is N=C(N)NCCC[C@@H]1NC(=O)C(CCCCCCCCC2C(=O)CCC2=O)NC(=O)C(Cc2ccccc2)NC(=O)[C@@H](CC(=O)O)NC(=O)CNC1=O. The molecule has 1 aliphatic carbocycles. The summed E-state index contributed by atoms with van der Waals surface area (Å²) in [4.78, 5) is 102. The highest BCUT2D eigenvalue weighted by Crippen LogP contribution is 2.23. The van der Waals surface area contributed by atoms with E-state index in [-0.39, 0.29) is 43.3 Å². The maximum absolute atomic E-state index is 13.9. The maximum Gasteiger partial charge on any atom is 0.305 e. The average molecular weight is 741 g/mol. The lowest BCUT2D eigenvalue weighted by molar-refractivity contribution is -0.141. The van der Waals surface area contributed by atoms with E-state index in [1.807, 2.05) is 0 Å². The molecular weight excluding hydrogens is 688 g/mol. The first-order valence-corrected chi connectivity index (χ1v) is 18.2. The number of aliphatic carboxylic acids is 1. The number of carboxylic acids is 1. The number of nitrogens with one attached hydrogen (secondary N) is 7. The molecule has 17 nitrogen and oxygen atoms in total. The minimum atomic E-state index is -1.57. The summed E-state index contributed by atoms with van der Waals surface area (Å²) in [5, 5.41) is 32.1. The molecule has 0 radical (unpaired) electrons. The van der Waals surface area contributed by atoms with E-state index >= 15 is 0 Å². The Morgan fingerprint density at radius 1 is 0.698 bits per heavy atom. The molecule has 2 unspecified atom stereocenters. The van der Waals surface area contributed by atoms with Crippen LogP contribution in [0.2, 0.25) is 0 Å². The topological polar surface area (TPSA) is 279 Å². The predicted molar refractivity (Wildman–Crippen MR) is 192 cm³/mol. The zero-order valence-corrected chi connectivity index (χ0v) is 29.9. The van der Waals surface area contributed by atoms with Crippen LogP contribution in [-0.4, -0.2) is 95.4 Å². The lowest BCUT2D eigenvalue weighted by Gasteiger charge is -2.26. The highest BCUT2D eigenvalue weighted by molar-refractivity contribution is 6.08. The number of ketones is 2. The number of unbranched alkanes of at least 4 members (excludes halogenated alkanes) is 5. The number of nitrogens with two attached hydrogens (primary N) is 1. The lowest BCUT2D eigenvalue weighted by Crippen LogP contribution is -2.58. The van der Waals surface area contributed by atoms with Gasteiger partial charge >= 0.3 is 5.97 Å². The Kier molecular flexibility index (Phi) is 17.4. The number of carbonyl (C=O) groups excluding carboxylic acids is 7. The van der Waals surface area contributed by atoms with E-state index in [0.717, 1.165) is 25.7 Å². The Morgan fingerprint density at radius 2 is 1.23 bits per heavy atom. The summed E-state index contributed by atoms with van der Waals surface area (Å²) in [6.45, 7) is -0.406. The van der Waals surface area contributed by atoms with Crippen molar-refractivity contribution in [3.05, 3.63) is 35.9 Å². The fourth-order valence-electron chi connectivity index (χ4n) is 6.36. The van der Waals surface area contributed by atoms with Gasteiger partial charge in [0.2, 0.25) is 29.5 Å². The fraction of sp³-hybridized carbons (Fsp3) is 0.583. The van der Waals surface area contributed by atoms with Crippen molar-refractivity contribution < 1.29 is 43.5 Å². The standard InChI is InChI=1S/C36H52N8O9/c37-36(38)39-18-10-15-24-32(50)40-21-30(47)41-27(20-31(48)49)35(53)44-26(19-22-11-6-5-7-12-22)34(52)43-25(33(51)42-24)14-9-4-2-1-3-8-13-23-28(45)16-17-29(23)46/h5-7,11-12,23-27H,1-4,8-10,13-21H2,(H,40,50)(H,41,47)(H,42,51)(H,43,52)(H,44,53)(H,48,49)(H4,37,38,39)/t24-,25?,26?,27+/m0/s1. The number of hydrogen-bond acceptors (Lipinski definition) is 9. The molecule has 17 heteroatoms. The van der Waals surface area contributed by atoms with Crippen molar-refractivity contribution in [3.8, 4) is 0 Å². The summed E-state index contributed by atoms with van der Waals surface area (Å²) in [7, 11) is 0. The third-order valence-electron chi connectivity index (χ3n) is 9.25. The second-order valence-electron chi connectivity index (χ2n) is 13.5. The van der Waals surface area contributed by atoms with E-state index in [1.165, 1.54) is 0 Å². The van der Waals surface area contributed by atoms with Gasteiger partial charge in [-0.2, -0.15) is 0 Å². The zero-order valence-electron chi connectivity index (χ0n) is 29.9. The monoisotopic (exact) mass is 740 g/mol. The number of Topliss-reactive ketones (excluding diaryl/α,β-unsaturated/α-hetero) is 2. The quantitative estimate of drug-likeness (QED) is 0.0433. The van der Waals surface area contributed by atoms with Gasteiger partial charge in [-0.05, 0) is 31.2 Å². The number of carbonyl (C=O) groups is 8. The summed E-state index contributed by atoms with van der Waals surface area (Å²) in [5.41, 5.74) is 6.02. The first-order chi connectivity index (χ1) is 25.3. The molecule has 3 rings (SSSR count). The molecule has 4 atom stereocenters. The average Bonchev–Trinajstić information content (AvgIpc) is 3.43. The van der Waals surface area contributed by atoms with Gasteiger partial charge in [-0.15, -0.1) is 0 Å². The molecule has 1 aromatic carbocycles.